The molecule has 1 aliphatic rings. The highest BCUT2D eigenvalue weighted by Gasteiger charge is 2.30. The van der Waals surface area contributed by atoms with Crippen molar-refractivity contribution in [2.24, 2.45) is 5.41 Å². The summed E-state index contributed by atoms with van der Waals surface area (Å²) in [7, 11) is 0. The lowest BCUT2D eigenvalue weighted by Gasteiger charge is -2.34. The second kappa shape index (κ2) is 6.79. The van der Waals surface area contributed by atoms with E-state index in [1.165, 1.54) is 11.8 Å². The van der Waals surface area contributed by atoms with Crippen LogP contribution in [0.4, 0.5) is 0 Å². The van der Waals surface area contributed by atoms with Gasteiger partial charge in [0.1, 0.15) is 5.82 Å². The van der Waals surface area contributed by atoms with Crippen LogP contribution in [0, 0.1) is 5.41 Å². The highest BCUT2D eigenvalue weighted by atomic mass is 32.2. The molecular formula is C14H23N3O3S. The number of aromatic nitrogens is 3. The number of hydrogen-bond acceptors (Lipinski definition) is 5. The second-order valence-electron chi connectivity index (χ2n) is 6.19. The summed E-state index contributed by atoms with van der Waals surface area (Å²) in [6.45, 7) is 8.81. The lowest BCUT2D eigenvalue weighted by atomic mass is 9.82. The molecule has 21 heavy (non-hydrogen) atoms. The fourth-order valence-electron chi connectivity index (χ4n) is 2.51. The van der Waals surface area contributed by atoms with Gasteiger partial charge in [-0.25, -0.2) is 0 Å². The molecule has 1 saturated heterocycles. The maximum Gasteiger partial charge on any atom is 0.313 e. The quantitative estimate of drug-likeness (QED) is 0.813. The molecule has 0 unspecified atom stereocenters. The van der Waals surface area contributed by atoms with Crippen molar-refractivity contribution in [3.63, 3.8) is 0 Å². The van der Waals surface area contributed by atoms with E-state index in [1.807, 2.05) is 0 Å². The zero-order chi connectivity index (χ0) is 15.5. The SMILES string of the molecule is CC(C)c1nnc(SCC(=O)O)n1CC1(C)CCOCC1. The standard InChI is InChI=1S/C14H23N3O3S/c1-10(2)12-15-16-13(21-8-11(18)19)17(12)9-14(3)4-6-20-7-5-14/h10H,4-9H2,1-3H3,(H,18,19). The van der Waals surface area contributed by atoms with Gasteiger partial charge in [-0.15, -0.1) is 10.2 Å². The third-order valence-corrected chi connectivity index (χ3v) is 4.78. The summed E-state index contributed by atoms with van der Waals surface area (Å²) in [4.78, 5) is 10.8. The maximum absolute atomic E-state index is 10.8. The Balaban J connectivity index is 2.21. The molecule has 0 radical (unpaired) electrons. The van der Waals surface area contributed by atoms with Crippen LogP contribution in [0.25, 0.3) is 0 Å². The van der Waals surface area contributed by atoms with Gasteiger partial charge in [-0.05, 0) is 18.3 Å². The van der Waals surface area contributed by atoms with E-state index in [4.69, 9.17) is 9.84 Å². The molecule has 2 heterocycles. The molecule has 118 valence electrons. The van der Waals surface area contributed by atoms with E-state index in [1.54, 1.807) is 0 Å². The summed E-state index contributed by atoms with van der Waals surface area (Å²) >= 11 is 1.24. The third kappa shape index (κ3) is 4.20. The number of hydrogen-bond donors (Lipinski definition) is 1. The average Bonchev–Trinajstić information content (AvgIpc) is 2.79. The minimum atomic E-state index is -0.835. The molecule has 2 rings (SSSR count). The maximum atomic E-state index is 10.8. The van der Waals surface area contributed by atoms with Gasteiger partial charge in [0.15, 0.2) is 5.16 Å². The van der Waals surface area contributed by atoms with Gasteiger partial charge in [-0.3, -0.25) is 4.79 Å². The van der Waals surface area contributed by atoms with Gasteiger partial charge in [-0.2, -0.15) is 0 Å². The van der Waals surface area contributed by atoms with Gasteiger partial charge >= 0.3 is 5.97 Å². The number of carboxylic acid groups (broad SMARTS) is 1. The first-order valence-corrected chi connectivity index (χ1v) is 8.25. The van der Waals surface area contributed by atoms with E-state index in [9.17, 15) is 4.79 Å². The summed E-state index contributed by atoms with van der Waals surface area (Å²) in [6, 6.07) is 0. The minimum Gasteiger partial charge on any atom is -0.481 e. The monoisotopic (exact) mass is 313 g/mol. The molecule has 0 atom stereocenters. The Bertz CT molecular complexity index is 496. The lowest BCUT2D eigenvalue weighted by Crippen LogP contribution is -2.32. The summed E-state index contributed by atoms with van der Waals surface area (Å²) in [6.07, 6.45) is 2.01. The third-order valence-electron chi connectivity index (χ3n) is 3.83. The fraction of sp³-hybridized carbons (Fsp3) is 0.786. The number of aliphatic carboxylic acids is 1. The van der Waals surface area contributed by atoms with Crippen LogP contribution in [0.3, 0.4) is 0 Å². The largest absolute Gasteiger partial charge is 0.481 e. The Kier molecular flexibility index (Phi) is 5.27. The average molecular weight is 313 g/mol. The van der Waals surface area contributed by atoms with Gasteiger partial charge in [-0.1, -0.05) is 32.5 Å². The first kappa shape index (κ1) is 16.3. The van der Waals surface area contributed by atoms with E-state index in [2.05, 4.69) is 35.5 Å². The molecule has 1 N–H and O–H groups in total. The fourth-order valence-corrected chi connectivity index (χ4v) is 3.18. The molecule has 0 saturated carbocycles. The predicted molar refractivity (Wildman–Crippen MR) is 80.6 cm³/mol. The smallest absolute Gasteiger partial charge is 0.313 e. The van der Waals surface area contributed by atoms with Crippen LogP contribution < -0.4 is 0 Å². The highest BCUT2D eigenvalue weighted by molar-refractivity contribution is 7.99. The van der Waals surface area contributed by atoms with Gasteiger partial charge < -0.3 is 14.4 Å². The summed E-state index contributed by atoms with van der Waals surface area (Å²) in [5, 5.41) is 18.0. The molecular weight excluding hydrogens is 290 g/mol. The zero-order valence-corrected chi connectivity index (χ0v) is 13.7. The Labute approximate surface area is 129 Å². The zero-order valence-electron chi connectivity index (χ0n) is 12.8. The molecule has 1 aliphatic heterocycles. The molecule has 1 aromatic heterocycles. The van der Waals surface area contributed by atoms with Crippen LogP contribution in [0.5, 0.6) is 0 Å². The van der Waals surface area contributed by atoms with E-state index in [0.717, 1.165) is 38.4 Å². The predicted octanol–water partition coefficient (Wildman–Crippen LogP) is 2.39. The number of ether oxygens (including phenoxy) is 1. The normalized spacial score (nSPS) is 18.1. The van der Waals surface area contributed by atoms with Crippen molar-refractivity contribution in [2.45, 2.75) is 51.2 Å². The molecule has 6 nitrogen and oxygen atoms in total. The first-order chi connectivity index (χ1) is 9.91. The Morgan fingerprint density at radius 1 is 1.43 bits per heavy atom. The van der Waals surface area contributed by atoms with E-state index in [-0.39, 0.29) is 17.1 Å². The van der Waals surface area contributed by atoms with E-state index >= 15 is 0 Å². The van der Waals surface area contributed by atoms with Gasteiger partial charge in [0.25, 0.3) is 0 Å². The molecule has 0 amide bonds. The molecule has 0 bridgehead atoms. The molecule has 7 heteroatoms. The van der Waals surface area contributed by atoms with Crippen molar-refractivity contribution in [3.8, 4) is 0 Å². The number of carboxylic acids is 1. The topological polar surface area (TPSA) is 77.2 Å². The second-order valence-corrected chi connectivity index (χ2v) is 7.13. The molecule has 1 aromatic rings. The van der Waals surface area contributed by atoms with Crippen molar-refractivity contribution < 1.29 is 14.6 Å². The number of nitrogens with zero attached hydrogens (tertiary/aromatic N) is 3. The summed E-state index contributed by atoms with van der Waals surface area (Å²) in [5.41, 5.74) is 0.156. The lowest BCUT2D eigenvalue weighted by molar-refractivity contribution is -0.133. The molecule has 0 aromatic carbocycles. The van der Waals surface area contributed by atoms with Gasteiger partial charge in [0.2, 0.25) is 0 Å². The van der Waals surface area contributed by atoms with E-state index in [0.29, 0.717) is 5.16 Å². The van der Waals surface area contributed by atoms with Gasteiger partial charge in [0.05, 0.1) is 5.75 Å². The number of carbonyl (C=O) groups is 1. The molecule has 0 spiro atoms. The van der Waals surface area contributed by atoms with Crippen LogP contribution in [-0.2, 0) is 16.1 Å². The molecule has 0 aliphatic carbocycles. The van der Waals surface area contributed by atoms with Crippen LogP contribution in [0.1, 0.15) is 45.4 Å². The van der Waals surface area contributed by atoms with Crippen LogP contribution in [0.15, 0.2) is 5.16 Å². The Morgan fingerprint density at radius 3 is 2.67 bits per heavy atom. The van der Waals surface area contributed by atoms with Crippen LogP contribution >= 0.6 is 11.8 Å². The van der Waals surface area contributed by atoms with Gasteiger partial charge in [0, 0.05) is 25.7 Å². The number of rotatable bonds is 6. The number of thioether (sulfide) groups is 1. The van der Waals surface area contributed by atoms with Crippen molar-refractivity contribution in [1.29, 1.82) is 0 Å². The summed E-state index contributed by atoms with van der Waals surface area (Å²) < 4.78 is 7.55. The van der Waals surface area contributed by atoms with Crippen molar-refractivity contribution in [1.82, 2.24) is 14.8 Å². The van der Waals surface area contributed by atoms with Crippen molar-refractivity contribution in [2.75, 3.05) is 19.0 Å². The Morgan fingerprint density at radius 2 is 2.10 bits per heavy atom. The summed E-state index contributed by atoms with van der Waals surface area (Å²) in [5.74, 6) is 0.365. The van der Waals surface area contributed by atoms with Crippen LogP contribution in [-0.4, -0.2) is 44.8 Å². The minimum absolute atomic E-state index is 0.00997. The van der Waals surface area contributed by atoms with E-state index < -0.39 is 5.97 Å². The van der Waals surface area contributed by atoms with Crippen molar-refractivity contribution in [3.05, 3.63) is 5.82 Å². The first-order valence-electron chi connectivity index (χ1n) is 7.27. The van der Waals surface area contributed by atoms with Crippen LogP contribution in [0.2, 0.25) is 0 Å². The highest BCUT2D eigenvalue weighted by Crippen LogP contribution is 2.34. The Hall–Kier alpha value is -1.08. The molecule has 1 fully saturated rings. The van der Waals surface area contributed by atoms with Crippen molar-refractivity contribution >= 4 is 17.7 Å².